The van der Waals surface area contributed by atoms with Crippen molar-refractivity contribution in [1.29, 1.82) is 0 Å². The van der Waals surface area contributed by atoms with Crippen LogP contribution in [0, 0.1) is 0 Å². The van der Waals surface area contributed by atoms with Gasteiger partial charge in [0, 0.05) is 9.35 Å². The highest BCUT2D eigenvalue weighted by Crippen LogP contribution is 2.37. The van der Waals surface area contributed by atoms with Crippen molar-refractivity contribution in [3.05, 3.63) is 49.0 Å². The third-order valence-electron chi connectivity index (χ3n) is 2.92. The molecule has 1 atom stereocenters. The molecule has 1 aromatic carbocycles. The molecule has 5 heteroatoms. The van der Waals surface area contributed by atoms with Gasteiger partial charge in [-0.25, -0.2) is 0 Å². The monoisotopic (exact) mass is 417 g/mol. The lowest BCUT2D eigenvalue weighted by molar-refractivity contribution is 0.317. The van der Waals surface area contributed by atoms with E-state index < -0.39 is 0 Å². The Bertz CT molecular complexity index is 534. The predicted molar refractivity (Wildman–Crippen MR) is 92.8 cm³/mol. The average molecular weight is 419 g/mol. The molecule has 0 bridgehead atoms. The first kappa shape index (κ1) is 16.0. The maximum Gasteiger partial charge on any atom is 0.119 e. The fraction of sp³-hybridized carbons (Fsp3) is 0.333. The topological polar surface area (TPSA) is 21.3 Å². The van der Waals surface area contributed by atoms with E-state index >= 15 is 0 Å². The quantitative estimate of drug-likeness (QED) is 0.680. The van der Waals surface area contributed by atoms with Crippen LogP contribution in [0.5, 0.6) is 5.75 Å². The van der Waals surface area contributed by atoms with Crippen LogP contribution in [0.2, 0.25) is 0 Å². The highest BCUT2D eigenvalue weighted by Gasteiger charge is 2.16. The molecule has 0 spiro atoms. The molecule has 1 heterocycles. The van der Waals surface area contributed by atoms with Gasteiger partial charge in [-0.1, -0.05) is 19.1 Å². The van der Waals surface area contributed by atoms with E-state index in [4.69, 9.17) is 4.74 Å². The Morgan fingerprint density at radius 1 is 1.25 bits per heavy atom. The van der Waals surface area contributed by atoms with Crippen LogP contribution in [-0.2, 0) is 0 Å². The summed E-state index contributed by atoms with van der Waals surface area (Å²) in [7, 11) is 1.98. The minimum Gasteiger partial charge on any atom is -0.494 e. The highest BCUT2D eigenvalue weighted by atomic mass is 79.9. The molecule has 0 aliphatic rings. The Morgan fingerprint density at radius 3 is 2.45 bits per heavy atom. The molecule has 0 fully saturated rings. The van der Waals surface area contributed by atoms with Gasteiger partial charge in [-0.15, -0.1) is 11.3 Å². The predicted octanol–water partition coefficient (Wildman–Crippen LogP) is 5.37. The molecule has 1 unspecified atom stereocenters. The van der Waals surface area contributed by atoms with E-state index in [2.05, 4.69) is 62.3 Å². The molecule has 2 aromatic rings. The van der Waals surface area contributed by atoms with Crippen molar-refractivity contribution in [2.75, 3.05) is 13.7 Å². The van der Waals surface area contributed by atoms with Crippen LogP contribution in [0.3, 0.4) is 0 Å². The Kier molecular flexibility index (Phi) is 6.08. The fourth-order valence-electron chi connectivity index (χ4n) is 1.96. The van der Waals surface area contributed by atoms with Crippen molar-refractivity contribution in [2.45, 2.75) is 19.4 Å². The first-order valence-electron chi connectivity index (χ1n) is 6.50. The molecule has 0 radical (unpaired) electrons. The number of rotatable bonds is 6. The molecule has 0 saturated carbocycles. The molecule has 2 nitrogen and oxygen atoms in total. The van der Waals surface area contributed by atoms with E-state index in [0.717, 1.165) is 27.0 Å². The van der Waals surface area contributed by atoms with Gasteiger partial charge in [0.15, 0.2) is 0 Å². The Morgan fingerprint density at radius 2 is 1.95 bits per heavy atom. The smallest absolute Gasteiger partial charge is 0.119 e. The minimum atomic E-state index is 0.197. The Hall–Kier alpha value is -0.360. The van der Waals surface area contributed by atoms with Crippen LogP contribution >= 0.6 is 43.2 Å². The highest BCUT2D eigenvalue weighted by molar-refractivity contribution is 9.13. The van der Waals surface area contributed by atoms with Crippen molar-refractivity contribution in [1.82, 2.24) is 5.32 Å². The Labute approximate surface area is 140 Å². The summed E-state index contributed by atoms with van der Waals surface area (Å²) in [5, 5.41) is 3.37. The van der Waals surface area contributed by atoms with Crippen LogP contribution in [0.4, 0.5) is 0 Å². The van der Waals surface area contributed by atoms with E-state index in [1.165, 1.54) is 10.4 Å². The van der Waals surface area contributed by atoms with E-state index in [1.807, 2.05) is 19.2 Å². The van der Waals surface area contributed by atoms with E-state index in [1.54, 1.807) is 11.3 Å². The van der Waals surface area contributed by atoms with E-state index in [0.29, 0.717) is 0 Å². The number of hydrogen-bond acceptors (Lipinski definition) is 3. The zero-order chi connectivity index (χ0) is 14.5. The lowest BCUT2D eigenvalue weighted by atomic mass is 10.1. The van der Waals surface area contributed by atoms with Crippen LogP contribution < -0.4 is 10.1 Å². The van der Waals surface area contributed by atoms with Crippen molar-refractivity contribution in [3.63, 3.8) is 0 Å². The molecular weight excluding hydrogens is 402 g/mol. The largest absolute Gasteiger partial charge is 0.494 e. The SMILES string of the molecule is CCCOc1ccc(C(NC)c2cc(Br)c(Br)s2)cc1. The maximum atomic E-state index is 5.62. The second-order valence-corrected chi connectivity index (χ2v) is 7.67. The second-order valence-electron chi connectivity index (χ2n) is 4.41. The van der Waals surface area contributed by atoms with Crippen LogP contribution in [0.1, 0.15) is 29.8 Å². The lowest BCUT2D eigenvalue weighted by Crippen LogP contribution is -2.16. The van der Waals surface area contributed by atoms with Gasteiger partial charge in [-0.05, 0) is 69.1 Å². The number of hydrogen-bond donors (Lipinski definition) is 1. The van der Waals surface area contributed by atoms with Crippen LogP contribution in [-0.4, -0.2) is 13.7 Å². The summed E-state index contributed by atoms with van der Waals surface area (Å²) in [4.78, 5) is 1.27. The van der Waals surface area contributed by atoms with Crippen LogP contribution in [0.15, 0.2) is 38.6 Å². The number of nitrogens with one attached hydrogen (secondary N) is 1. The first-order chi connectivity index (χ1) is 9.65. The van der Waals surface area contributed by atoms with Crippen molar-refractivity contribution < 1.29 is 4.74 Å². The minimum absolute atomic E-state index is 0.197. The third kappa shape index (κ3) is 3.85. The van der Waals surface area contributed by atoms with Gasteiger partial charge in [-0.3, -0.25) is 0 Å². The zero-order valence-electron chi connectivity index (χ0n) is 11.5. The molecule has 2 rings (SSSR count). The standard InChI is InChI=1S/C15H17Br2NOS/c1-3-8-19-11-6-4-10(5-7-11)14(18-2)13-9-12(16)15(17)20-13/h4-7,9,14,18H,3,8H2,1-2H3. The second kappa shape index (κ2) is 7.59. The van der Waals surface area contributed by atoms with Gasteiger partial charge in [-0.2, -0.15) is 0 Å². The van der Waals surface area contributed by atoms with Crippen molar-refractivity contribution >= 4 is 43.2 Å². The summed E-state index contributed by atoms with van der Waals surface area (Å²) in [5.41, 5.74) is 1.23. The molecule has 1 aromatic heterocycles. The number of halogens is 2. The van der Waals surface area contributed by atoms with Crippen LogP contribution in [0.25, 0.3) is 0 Å². The van der Waals surface area contributed by atoms with Crippen molar-refractivity contribution in [2.24, 2.45) is 0 Å². The number of thiophene rings is 1. The van der Waals surface area contributed by atoms with Gasteiger partial charge in [0.25, 0.3) is 0 Å². The first-order valence-corrected chi connectivity index (χ1v) is 8.90. The summed E-state index contributed by atoms with van der Waals surface area (Å²) in [6.07, 6.45) is 1.03. The van der Waals surface area contributed by atoms with Gasteiger partial charge in [0.2, 0.25) is 0 Å². The molecule has 108 valence electrons. The van der Waals surface area contributed by atoms with Gasteiger partial charge >= 0.3 is 0 Å². The Balaban J connectivity index is 2.19. The fourth-order valence-corrected chi connectivity index (χ4v) is 4.18. The summed E-state index contributed by atoms with van der Waals surface area (Å²) in [6.45, 7) is 2.87. The average Bonchev–Trinajstić information content (AvgIpc) is 2.78. The summed E-state index contributed by atoms with van der Waals surface area (Å²) in [5.74, 6) is 0.930. The van der Waals surface area contributed by atoms with Crippen molar-refractivity contribution in [3.8, 4) is 5.75 Å². The summed E-state index contributed by atoms with van der Waals surface area (Å²) in [6, 6.07) is 10.7. The molecular formula is C15H17Br2NOS. The van der Waals surface area contributed by atoms with E-state index in [9.17, 15) is 0 Å². The molecule has 1 N–H and O–H groups in total. The maximum absolute atomic E-state index is 5.62. The van der Waals surface area contributed by atoms with Gasteiger partial charge in [0.1, 0.15) is 5.75 Å². The molecule has 0 amide bonds. The lowest BCUT2D eigenvalue weighted by Gasteiger charge is -2.15. The van der Waals surface area contributed by atoms with Gasteiger partial charge < -0.3 is 10.1 Å². The molecule has 0 aliphatic heterocycles. The number of ether oxygens (including phenoxy) is 1. The molecule has 0 saturated heterocycles. The number of benzene rings is 1. The normalized spacial score (nSPS) is 12.4. The molecule has 0 aliphatic carbocycles. The van der Waals surface area contributed by atoms with Gasteiger partial charge in [0.05, 0.1) is 16.4 Å². The summed E-state index contributed by atoms with van der Waals surface area (Å²) < 4.78 is 7.84. The molecule has 20 heavy (non-hydrogen) atoms. The summed E-state index contributed by atoms with van der Waals surface area (Å²) >= 11 is 8.83. The third-order valence-corrected chi connectivity index (χ3v) is 6.24. The van der Waals surface area contributed by atoms with E-state index in [-0.39, 0.29) is 6.04 Å². The zero-order valence-corrected chi connectivity index (χ0v) is 15.4.